The van der Waals surface area contributed by atoms with Crippen molar-refractivity contribution in [3.05, 3.63) is 48.0 Å². The molecule has 188 valence electrons. The highest BCUT2D eigenvalue weighted by atomic mass is 16.6. The fraction of sp³-hybridized carbons (Fsp3) is 0.448. The summed E-state index contributed by atoms with van der Waals surface area (Å²) in [7, 11) is 0. The minimum absolute atomic E-state index is 0.181. The number of fused-ring (bicyclic) bond motifs is 1. The van der Waals surface area contributed by atoms with E-state index < -0.39 is 6.09 Å². The summed E-state index contributed by atoms with van der Waals surface area (Å²) in [5.74, 6) is 0.933. The van der Waals surface area contributed by atoms with Crippen molar-refractivity contribution in [3.63, 3.8) is 0 Å². The molecule has 7 heteroatoms. The number of carbonyl (C=O) groups is 1. The molecular formula is C29H35N5O2. The zero-order chi connectivity index (χ0) is 25.2. The number of aryl methyl sites for hydroxylation is 1. The van der Waals surface area contributed by atoms with E-state index in [0.29, 0.717) is 11.3 Å². The molecule has 1 amide bonds. The largest absolute Gasteiger partial charge is 0.447 e. The Morgan fingerprint density at radius 2 is 1.83 bits per heavy atom. The number of benzene rings is 2. The molecule has 0 unspecified atom stereocenters. The summed E-state index contributed by atoms with van der Waals surface area (Å²) in [6.07, 6.45) is 2.15. The number of aromatic nitrogens is 1. The Morgan fingerprint density at radius 1 is 1.11 bits per heavy atom. The van der Waals surface area contributed by atoms with E-state index in [9.17, 15) is 10.1 Å². The molecule has 1 aromatic heterocycles. The number of carbonyl (C=O) groups excluding carboxylic acids is 1. The molecule has 36 heavy (non-hydrogen) atoms. The summed E-state index contributed by atoms with van der Waals surface area (Å²) >= 11 is 0. The lowest BCUT2D eigenvalue weighted by Crippen LogP contribution is -2.47. The Labute approximate surface area is 213 Å². The molecule has 0 bridgehead atoms. The monoisotopic (exact) mass is 485 g/mol. The third-order valence-electron chi connectivity index (χ3n) is 7.17. The second-order valence-electron chi connectivity index (χ2n) is 10.2. The van der Waals surface area contributed by atoms with Crippen molar-refractivity contribution in [3.8, 4) is 17.3 Å². The standard InChI is InChI=1S/C29H35N5O2/c1-4-34-27-17-24(33-15-13-32(14-16-33)19-21-5-6-21)11-12-25(27)26(18-30)28(34)22-7-9-23(10-8-22)31-29(35)36-20(2)3/h7-12,17,20-21H,4-6,13-16,19H2,1-3H3,(H,31,35). The van der Waals surface area contributed by atoms with Crippen LogP contribution >= 0.6 is 0 Å². The molecule has 2 aromatic carbocycles. The minimum atomic E-state index is -0.473. The van der Waals surface area contributed by atoms with Crippen LogP contribution in [-0.4, -0.2) is 54.4 Å². The van der Waals surface area contributed by atoms with Crippen molar-refractivity contribution in [1.82, 2.24) is 9.47 Å². The van der Waals surface area contributed by atoms with Gasteiger partial charge < -0.3 is 14.2 Å². The molecule has 5 rings (SSSR count). The van der Waals surface area contributed by atoms with Gasteiger partial charge in [-0.2, -0.15) is 5.26 Å². The maximum absolute atomic E-state index is 11.9. The highest BCUT2D eigenvalue weighted by Crippen LogP contribution is 2.36. The van der Waals surface area contributed by atoms with Gasteiger partial charge >= 0.3 is 6.09 Å². The number of nitriles is 1. The Kier molecular flexibility index (Phi) is 6.88. The van der Waals surface area contributed by atoms with Crippen LogP contribution in [0, 0.1) is 17.2 Å². The normalized spacial score (nSPS) is 16.4. The van der Waals surface area contributed by atoms with Gasteiger partial charge in [-0.25, -0.2) is 4.79 Å². The SMILES string of the molecule is CCn1c(-c2ccc(NC(=O)OC(C)C)cc2)c(C#N)c2ccc(N3CCN(CC4CC4)CC3)cc21. The van der Waals surface area contributed by atoms with Gasteiger partial charge in [-0.1, -0.05) is 12.1 Å². The maximum atomic E-state index is 11.9. The van der Waals surface area contributed by atoms with Gasteiger partial charge in [-0.3, -0.25) is 10.2 Å². The summed E-state index contributed by atoms with van der Waals surface area (Å²) in [6.45, 7) is 12.1. The number of anilines is 2. The number of nitrogens with zero attached hydrogens (tertiary/aromatic N) is 4. The maximum Gasteiger partial charge on any atom is 0.411 e. The molecule has 1 N–H and O–H groups in total. The van der Waals surface area contributed by atoms with Crippen molar-refractivity contribution < 1.29 is 9.53 Å². The molecule has 3 aromatic rings. The third kappa shape index (κ3) is 5.05. The van der Waals surface area contributed by atoms with Gasteiger partial charge in [0.15, 0.2) is 0 Å². The summed E-state index contributed by atoms with van der Waals surface area (Å²) in [6, 6.07) is 16.6. The Balaban J connectivity index is 1.41. The first-order valence-electron chi connectivity index (χ1n) is 13.1. The Morgan fingerprint density at radius 3 is 2.44 bits per heavy atom. The minimum Gasteiger partial charge on any atom is -0.447 e. The first kappa shape index (κ1) is 24.2. The average Bonchev–Trinajstić information content (AvgIpc) is 3.63. The number of hydrogen-bond donors (Lipinski definition) is 1. The predicted molar refractivity (Wildman–Crippen MR) is 144 cm³/mol. The molecule has 2 heterocycles. The molecule has 1 saturated carbocycles. The Bertz CT molecular complexity index is 1280. The van der Waals surface area contributed by atoms with Gasteiger partial charge in [0.1, 0.15) is 6.07 Å². The molecule has 1 saturated heterocycles. The summed E-state index contributed by atoms with van der Waals surface area (Å²) < 4.78 is 7.40. The van der Waals surface area contributed by atoms with Crippen molar-refractivity contribution in [2.75, 3.05) is 42.9 Å². The number of nitrogens with one attached hydrogen (secondary N) is 1. The molecule has 2 aliphatic rings. The zero-order valence-electron chi connectivity index (χ0n) is 21.5. The lowest BCUT2D eigenvalue weighted by molar-refractivity contribution is 0.130. The molecule has 7 nitrogen and oxygen atoms in total. The topological polar surface area (TPSA) is 73.5 Å². The predicted octanol–water partition coefficient (Wildman–Crippen LogP) is 5.69. The highest BCUT2D eigenvalue weighted by Gasteiger charge is 2.27. The van der Waals surface area contributed by atoms with Crippen LogP contribution in [0.2, 0.25) is 0 Å². The van der Waals surface area contributed by atoms with Crippen LogP contribution < -0.4 is 10.2 Å². The smallest absolute Gasteiger partial charge is 0.411 e. The van der Waals surface area contributed by atoms with E-state index in [-0.39, 0.29) is 6.10 Å². The fourth-order valence-corrected chi connectivity index (χ4v) is 5.20. The van der Waals surface area contributed by atoms with Gasteiger partial charge in [0.2, 0.25) is 0 Å². The van der Waals surface area contributed by atoms with Crippen molar-refractivity contribution in [2.24, 2.45) is 5.92 Å². The van der Waals surface area contributed by atoms with Crippen LogP contribution in [0.15, 0.2) is 42.5 Å². The fourth-order valence-electron chi connectivity index (χ4n) is 5.20. The van der Waals surface area contributed by atoms with Crippen molar-refractivity contribution >= 4 is 28.4 Å². The zero-order valence-corrected chi connectivity index (χ0v) is 21.5. The molecule has 0 radical (unpaired) electrons. The van der Waals surface area contributed by atoms with Crippen LogP contribution in [0.1, 0.15) is 39.2 Å². The quantitative estimate of drug-likeness (QED) is 0.465. The van der Waals surface area contributed by atoms with Crippen molar-refractivity contribution in [1.29, 1.82) is 5.26 Å². The summed E-state index contributed by atoms with van der Waals surface area (Å²) in [5, 5.41) is 13.8. The van der Waals surface area contributed by atoms with Crippen LogP contribution in [-0.2, 0) is 11.3 Å². The van der Waals surface area contributed by atoms with Crippen LogP contribution in [0.5, 0.6) is 0 Å². The number of ether oxygens (including phenoxy) is 1. The van der Waals surface area contributed by atoms with E-state index in [4.69, 9.17) is 4.74 Å². The Hall–Kier alpha value is -3.50. The molecule has 1 aliphatic carbocycles. The molecule has 0 atom stereocenters. The molecule has 0 spiro atoms. The van der Waals surface area contributed by atoms with E-state index in [0.717, 1.165) is 60.8 Å². The highest BCUT2D eigenvalue weighted by molar-refractivity contribution is 5.96. The van der Waals surface area contributed by atoms with Crippen LogP contribution in [0.4, 0.5) is 16.2 Å². The van der Waals surface area contributed by atoms with Crippen molar-refractivity contribution in [2.45, 2.75) is 46.3 Å². The summed E-state index contributed by atoms with van der Waals surface area (Å²) in [5.41, 5.74) is 5.52. The number of piperazine rings is 1. The van der Waals surface area contributed by atoms with E-state index in [1.807, 2.05) is 38.1 Å². The van der Waals surface area contributed by atoms with Gasteiger partial charge in [-0.15, -0.1) is 0 Å². The number of hydrogen-bond acceptors (Lipinski definition) is 5. The average molecular weight is 486 g/mol. The molecule has 2 fully saturated rings. The molecular weight excluding hydrogens is 450 g/mol. The lowest BCUT2D eigenvalue weighted by atomic mass is 10.1. The van der Waals surface area contributed by atoms with Gasteiger partial charge in [0.05, 0.1) is 22.9 Å². The van der Waals surface area contributed by atoms with E-state index in [1.54, 1.807) is 0 Å². The van der Waals surface area contributed by atoms with Gasteiger partial charge in [0.25, 0.3) is 0 Å². The van der Waals surface area contributed by atoms with E-state index in [1.165, 1.54) is 25.1 Å². The summed E-state index contributed by atoms with van der Waals surface area (Å²) in [4.78, 5) is 17.0. The second kappa shape index (κ2) is 10.2. The van der Waals surface area contributed by atoms with Crippen LogP contribution in [0.25, 0.3) is 22.2 Å². The first-order chi connectivity index (χ1) is 17.5. The number of rotatable bonds is 7. The molecule has 1 aliphatic heterocycles. The van der Waals surface area contributed by atoms with Gasteiger partial charge in [-0.05, 0) is 75.4 Å². The third-order valence-corrected chi connectivity index (χ3v) is 7.17. The number of amides is 1. The van der Waals surface area contributed by atoms with E-state index >= 15 is 0 Å². The first-order valence-corrected chi connectivity index (χ1v) is 13.1. The second-order valence-corrected chi connectivity index (χ2v) is 10.2. The lowest BCUT2D eigenvalue weighted by Gasteiger charge is -2.36. The van der Waals surface area contributed by atoms with E-state index in [2.05, 4.69) is 50.9 Å². The van der Waals surface area contributed by atoms with Crippen LogP contribution in [0.3, 0.4) is 0 Å². The van der Waals surface area contributed by atoms with Gasteiger partial charge in [0, 0.05) is 56.0 Å².